The molecule has 0 aliphatic rings. The van der Waals surface area contributed by atoms with Crippen LogP contribution < -0.4 is 4.72 Å². The predicted molar refractivity (Wildman–Crippen MR) is 81.1 cm³/mol. The SMILES string of the molecule is CC(C)[C@@H](O)[C@@H](N[S@](=O)C(C)(C)C)c1ccccc1. The Hall–Kier alpha value is -0.710. The zero-order valence-electron chi connectivity index (χ0n) is 12.4. The highest BCUT2D eigenvalue weighted by Crippen LogP contribution is 2.24. The monoisotopic (exact) mass is 283 g/mol. The molecule has 1 aromatic rings. The van der Waals surface area contributed by atoms with Gasteiger partial charge in [-0.05, 0) is 32.3 Å². The maximum absolute atomic E-state index is 12.3. The van der Waals surface area contributed by atoms with Crippen molar-refractivity contribution in [3.63, 3.8) is 0 Å². The Balaban J connectivity index is 2.98. The molecule has 1 rings (SSSR count). The van der Waals surface area contributed by atoms with E-state index in [1.54, 1.807) is 0 Å². The van der Waals surface area contributed by atoms with Gasteiger partial charge >= 0.3 is 0 Å². The number of hydrogen-bond donors (Lipinski definition) is 2. The van der Waals surface area contributed by atoms with Gasteiger partial charge in [-0.1, -0.05) is 44.2 Å². The Bertz CT molecular complexity index is 412. The third-order valence-electron chi connectivity index (χ3n) is 2.97. The van der Waals surface area contributed by atoms with E-state index in [2.05, 4.69) is 4.72 Å². The van der Waals surface area contributed by atoms with Crippen LogP contribution >= 0.6 is 0 Å². The van der Waals surface area contributed by atoms with Crippen LogP contribution in [0.5, 0.6) is 0 Å². The van der Waals surface area contributed by atoms with Gasteiger partial charge in [0.25, 0.3) is 0 Å². The van der Waals surface area contributed by atoms with Gasteiger partial charge in [-0.15, -0.1) is 0 Å². The van der Waals surface area contributed by atoms with Gasteiger partial charge in [0.2, 0.25) is 0 Å². The van der Waals surface area contributed by atoms with Crippen LogP contribution in [-0.4, -0.2) is 20.2 Å². The summed E-state index contributed by atoms with van der Waals surface area (Å²) in [4.78, 5) is 0. The van der Waals surface area contributed by atoms with Crippen LogP contribution in [-0.2, 0) is 11.0 Å². The van der Waals surface area contributed by atoms with Crippen molar-refractivity contribution >= 4 is 11.0 Å². The summed E-state index contributed by atoms with van der Waals surface area (Å²) in [6.07, 6.45) is -0.575. The highest BCUT2D eigenvalue weighted by atomic mass is 32.2. The standard InChI is InChI=1S/C15H25NO2S/c1-11(2)14(17)13(12-9-7-6-8-10-12)16-19(18)15(3,4)5/h6-11,13-14,16-17H,1-5H3/t13-,14+,19+/m0/s1. The molecule has 2 N–H and O–H groups in total. The molecular formula is C15H25NO2S. The molecule has 1 aromatic carbocycles. The average Bonchev–Trinajstić information content (AvgIpc) is 2.34. The number of rotatable bonds is 5. The molecule has 0 radical (unpaired) electrons. The maximum atomic E-state index is 12.3. The largest absolute Gasteiger partial charge is 0.391 e. The zero-order valence-corrected chi connectivity index (χ0v) is 13.2. The predicted octanol–water partition coefficient (Wildman–Crippen LogP) is 2.80. The Morgan fingerprint density at radius 3 is 2.11 bits per heavy atom. The summed E-state index contributed by atoms with van der Waals surface area (Å²) in [6, 6.07) is 9.37. The lowest BCUT2D eigenvalue weighted by Crippen LogP contribution is -2.41. The second-order valence-electron chi connectivity index (χ2n) is 6.12. The molecule has 0 bridgehead atoms. The summed E-state index contributed by atoms with van der Waals surface area (Å²) in [5, 5.41) is 10.4. The van der Waals surface area contributed by atoms with E-state index < -0.39 is 17.1 Å². The van der Waals surface area contributed by atoms with Gasteiger partial charge in [-0.25, -0.2) is 8.93 Å². The van der Waals surface area contributed by atoms with Gasteiger partial charge in [-0.2, -0.15) is 0 Å². The number of hydrogen-bond acceptors (Lipinski definition) is 2. The van der Waals surface area contributed by atoms with E-state index in [4.69, 9.17) is 0 Å². The normalized spacial score (nSPS) is 17.2. The van der Waals surface area contributed by atoms with Crippen LogP contribution in [0.4, 0.5) is 0 Å². The van der Waals surface area contributed by atoms with Gasteiger partial charge in [-0.3, -0.25) is 0 Å². The molecule has 3 atom stereocenters. The molecule has 19 heavy (non-hydrogen) atoms. The lowest BCUT2D eigenvalue weighted by atomic mass is 9.94. The minimum Gasteiger partial charge on any atom is -0.391 e. The van der Waals surface area contributed by atoms with E-state index >= 15 is 0 Å². The Kier molecular flexibility index (Phi) is 5.71. The van der Waals surface area contributed by atoms with E-state index in [0.29, 0.717) is 0 Å². The van der Waals surface area contributed by atoms with Crippen molar-refractivity contribution in [2.45, 2.75) is 51.5 Å². The van der Waals surface area contributed by atoms with E-state index in [1.165, 1.54) is 0 Å². The highest BCUT2D eigenvalue weighted by molar-refractivity contribution is 7.84. The van der Waals surface area contributed by atoms with Gasteiger partial charge < -0.3 is 5.11 Å². The minimum atomic E-state index is -1.22. The Morgan fingerprint density at radius 2 is 1.68 bits per heavy atom. The summed E-state index contributed by atoms with van der Waals surface area (Å²) in [5.74, 6) is 0.0923. The molecule has 0 aromatic heterocycles. The molecule has 0 saturated heterocycles. The molecule has 0 aliphatic heterocycles. The van der Waals surface area contributed by atoms with Gasteiger partial charge in [0.05, 0.1) is 27.9 Å². The van der Waals surface area contributed by atoms with Crippen molar-refractivity contribution in [3.8, 4) is 0 Å². The van der Waals surface area contributed by atoms with E-state index in [-0.39, 0.29) is 16.7 Å². The first-order chi connectivity index (χ1) is 8.73. The van der Waals surface area contributed by atoms with Crippen LogP contribution in [0.2, 0.25) is 0 Å². The first-order valence-corrected chi connectivity index (χ1v) is 7.79. The van der Waals surface area contributed by atoms with Crippen LogP contribution in [0.3, 0.4) is 0 Å². The van der Waals surface area contributed by atoms with E-state index in [0.717, 1.165) is 5.56 Å². The molecular weight excluding hydrogens is 258 g/mol. The van der Waals surface area contributed by atoms with Crippen LogP contribution in [0.15, 0.2) is 30.3 Å². The lowest BCUT2D eigenvalue weighted by molar-refractivity contribution is 0.0922. The fourth-order valence-corrected chi connectivity index (χ4v) is 2.53. The van der Waals surface area contributed by atoms with Crippen molar-refractivity contribution < 1.29 is 9.32 Å². The Labute approximate surface area is 119 Å². The van der Waals surface area contributed by atoms with Crippen molar-refractivity contribution in [3.05, 3.63) is 35.9 Å². The molecule has 0 fully saturated rings. The zero-order chi connectivity index (χ0) is 14.6. The summed E-state index contributed by atoms with van der Waals surface area (Å²) >= 11 is 0. The molecule has 0 aliphatic carbocycles. The first-order valence-electron chi connectivity index (χ1n) is 6.64. The third-order valence-corrected chi connectivity index (χ3v) is 4.55. The number of aliphatic hydroxyl groups excluding tert-OH is 1. The van der Waals surface area contributed by atoms with Gasteiger partial charge in [0, 0.05) is 0 Å². The molecule has 0 spiro atoms. The van der Waals surface area contributed by atoms with Crippen molar-refractivity contribution in [2.75, 3.05) is 0 Å². The van der Waals surface area contributed by atoms with Crippen molar-refractivity contribution in [2.24, 2.45) is 5.92 Å². The average molecular weight is 283 g/mol. The fraction of sp³-hybridized carbons (Fsp3) is 0.600. The van der Waals surface area contributed by atoms with Crippen molar-refractivity contribution in [1.82, 2.24) is 4.72 Å². The first kappa shape index (κ1) is 16.3. The summed E-state index contributed by atoms with van der Waals surface area (Å²) in [6.45, 7) is 9.67. The van der Waals surface area contributed by atoms with Crippen LogP contribution in [0, 0.1) is 5.92 Å². The third kappa shape index (κ3) is 4.71. The molecule has 4 heteroatoms. The second kappa shape index (κ2) is 6.64. The number of nitrogens with one attached hydrogen (secondary N) is 1. The maximum Gasteiger partial charge on any atom is 0.0976 e. The van der Waals surface area contributed by atoms with Crippen molar-refractivity contribution in [1.29, 1.82) is 0 Å². The van der Waals surface area contributed by atoms with Crippen LogP contribution in [0.1, 0.15) is 46.2 Å². The quantitative estimate of drug-likeness (QED) is 0.873. The van der Waals surface area contributed by atoms with E-state index in [1.807, 2.05) is 65.0 Å². The highest BCUT2D eigenvalue weighted by Gasteiger charge is 2.29. The molecule has 0 heterocycles. The summed E-state index contributed by atoms with van der Waals surface area (Å²) < 4.78 is 15.0. The topological polar surface area (TPSA) is 49.3 Å². The van der Waals surface area contributed by atoms with Crippen LogP contribution in [0.25, 0.3) is 0 Å². The number of benzene rings is 1. The molecule has 0 unspecified atom stereocenters. The number of aliphatic hydroxyl groups is 1. The van der Waals surface area contributed by atoms with Gasteiger partial charge in [0.15, 0.2) is 0 Å². The molecule has 3 nitrogen and oxygen atoms in total. The molecule has 0 amide bonds. The van der Waals surface area contributed by atoms with E-state index in [9.17, 15) is 9.32 Å². The minimum absolute atomic E-state index is 0.0923. The molecule has 0 saturated carbocycles. The lowest BCUT2D eigenvalue weighted by Gasteiger charge is -2.29. The smallest absolute Gasteiger partial charge is 0.0976 e. The second-order valence-corrected chi connectivity index (χ2v) is 8.12. The fourth-order valence-electron chi connectivity index (χ4n) is 1.67. The molecule has 108 valence electrons. The van der Waals surface area contributed by atoms with Gasteiger partial charge in [0.1, 0.15) is 0 Å². The summed E-state index contributed by atoms with van der Waals surface area (Å²) in [5.41, 5.74) is 0.960. The summed E-state index contributed by atoms with van der Waals surface area (Å²) in [7, 11) is -1.22. The Morgan fingerprint density at radius 1 is 1.16 bits per heavy atom.